The second-order valence-corrected chi connectivity index (χ2v) is 5.23. The highest BCUT2D eigenvalue weighted by molar-refractivity contribution is 14.0. The Morgan fingerprint density at radius 3 is 2.38 bits per heavy atom. The van der Waals surface area contributed by atoms with Crippen molar-refractivity contribution in [3.8, 4) is 0 Å². The first-order valence-electron chi connectivity index (χ1n) is 8.11. The Hall–Kier alpha value is -0.0800. The molecule has 126 valence electrons. The number of hydrogen-bond donors (Lipinski definition) is 2. The van der Waals surface area contributed by atoms with Crippen molar-refractivity contribution in [3.05, 3.63) is 0 Å². The van der Waals surface area contributed by atoms with Crippen LogP contribution in [0, 0.1) is 0 Å². The van der Waals surface area contributed by atoms with Gasteiger partial charge in [-0.1, -0.05) is 12.8 Å². The van der Waals surface area contributed by atoms with E-state index in [0.717, 1.165) is 45.2 Å². The van der Waals surface area contributed by atoms with E-state index in [0.29, 0.717) is 0 Å². The monoisotopic (exact) mass is 412 g/mol. The summed E-state index contributed by atoms with van der Waals surface area (Å²) >= 11 is 0. The molecule has 1 saturated heterocycles. The van der Waals surface area contributed by atoms with Gasteiger partial charge in [0.05, 0.1) is 0 Å². The van der Waals surface area contributed by atoms with Crippen molar-refractivity contribution >= 4 is 29.9 Å². The summed E-state index contributed by atoms with van der Waals surface area (Å²) in [7, 11) is 1.82. The summed E-state index contributed by atoms with van der Waals surface area (Å²) in [5.41, 5.74) is 0. The van der Waals surface area contributed by atoms with Crippen molar-refractivity contribution in [2.24, 2.45) is 4.99 Å². The number of ether oxygens (including phenoxy) is 1. The number of nitrogens with one attached hydrogen (secondary N) is 2. The zero-order chi connectivity index (χ0) is 14.5. The summed E-state index contributed by atoms with van der Waals surface area (Å²) in [5, 5.41) is 6.70. The normalized spacial score (nSPS) is 17.0. The molecule has 21 heavy (non-hydrogen) atoms. The zero-order valence-corrected chi connectivity index (χ0v) is 16.0. The van der Waals surface area contributed by atoms with Crippen LogP contribution in [0.3, 0.4) is 0 Å². The molecule has 1 rings (SSSR count). The van der Waals surface area contributed by atoms with E-state index in [-0.39, 0.29) is 24.0 Å². The Morgan fingerprint density at radius 1 is 1.10 bits per heavy atom. The van der Waals surface area contributed by atoms with Gasteiger partial charge in [0.1, 0.15) is 0 Å². The molecule has 0 aromatic carbocycles. The summed E-state index contributed by atoms with van der Waals surface area (Å²) in [6.45, 7) is 9.12. The van der Waals surface area contributed by atoms with E-state index in [1.807, 2.05) is 14.0 Å². The van der Waals surface area contributed by atoms with Gasteiger partial charge in [0.15, 0.2) is 5.96 Å². The van der Waals surface area contributed by atoms with Crippen molar-refractivity contribution in [2.75, 3.05) is 53.0 Å². The molecule has 0 unspecified atom stereocenters. The average Bonchev–Trinajstić information content (AvgIpc) is 2.74. The number of halogens is 1. The van der Waals surface area contributed by atoms with Crippen LogP contribution in [0.2, 0.25) is 0 Å². The molecular weight excluding hydrogens is 379 g/mol. The molecule has 0 bridgehead atoms. The van der Waals surface area contributed by atoms with Crippen LogP contribution < -0.4 is 10.6 Å². The third kappa shape index (κ3) is 11.2. The molecule has 0 radical (unpaired) electrons. The number of aliphatic imine (C=N–C) groups is 1. The molecule has 1 fully saturated rings. The molecule has 0 aromatic heterocycles. The third-order valence-electron chi connectivity index (χ3n) is 3.60. The first kappa shape index (κ1) is 20.9. The topological polar surface area (TPSA) is 48.9 Å². The lowest BCUT2D eigenvalue weighted by atomic mass is 10.2. The molecule has 6 heteroatoms. The minimum Gasteiger partial charge on any atom is -0.382 e. The minimum atomic E-state index is 0. The van der Waals surface area contributed by atoms with E-state index in [1.54, 1.807) is 0 Å². The summed E-state index contributed by atoms with van der Waals surface area (Å²) in [6, 6.07) is 0. The van der Waals surface area contributed by atoms with Crippen molar-refractivity contribution in [1.82, 2.24) is 15.5 Å². The fraction of sp³-hybridized carbons (Fsp3) is 0.933. The second-order valence-electron chi connectivity index (χ2n) is 5.23. The summed E-state index contributed by atoms with van der Waals surface area (Å²) < 4.78 is 5.31. The average molecular weight is 412 g/mol. The standard InChI is InChI=1S/C15H32N4O.HI/c1-3-20-14-8-9-17-15(16-2)18-10-13-19-11-6-4-5-7-12-19;/h3-14H2,1-2H3,(H2,16,17,18);1H. The van der Waals surface area contributed by atoms with Gasteiger partial charge in [-0.15, -0.1) is 24.0 Å². The lowest BCUT2D eigenvalue weighted by Crippen LogP contribution is -2.42. The predicted octanol–water partition coefficient (Wildman–Crippen LogP) is 2.07. The number of hydrogen-bond acceptors (Lipinski definition) is 3. The maximum Gasteiger partial charge on any atom is 0.191 e. The summed E-state index contributed by atoms with van der Waals surface area (Å²) in [5.74, 6) is 0.899. The maximum atomic E-state index is 5.31. The van der Waals surface area contributed by atoms with Crippen molar-refractivity contribution < 1.29 is 4.74 Å². The van der Waals surface area contributed by atoms with Crippen LogP contribution in [0.5, 0.6) is 0 Å². The van der Waals surface area contributed by atoms with Gasteiger partial charge >= 0.3 is 0 Å². The number of rotatable bonds is 8. The van der Waals surface area contributed by atoms with E-state index in [1.165, 1.54) is 38.8 Å². The fourth-order valence-corrected chi connectivity index (χ4v) is 2.44. The first-order valence-corrected chi connectivity index (χ1v) is 8.11. The molecule has 0 saturated carbocycles. The largest absolute Gasteiger partial charge is 0.382 e. The SMILES string of the molecule is CCOCCCNC(=NC)NCCN1CCCCCC1.I. The maximum absolute atomic E-state index is 5.31. The lowest BCUT2D eigenvalue weighted by Gasteiger charge is -2.20. The van der Waals surface area contributed by atoms with Gasteiger partial charge < -0.3 is 20.3 Å². The number of nitrogens with zero attached hydrogens (tertiary/aromatic N) is 2. The van der Waals surface area contributed by atoms with Gasteiger partial charge in [-0.3, -0.25) is 4.99 Å². The number of guanidine groups is 1. The highest BCUT2D eigenvalue weighted by Crippen LogP contribution is 2.08. The lowest BCUT2D eigenvalue weighted by molar-refractivity contribution is 0.145. The van der Waals surface area contributed by atoms with Crippen LogP contribution >= 0.6 is 24.0 Å². The van der Waals surface area contributed by atoms with Crippen molar-refractivity contribution in [2.45, 2.75) is 39.0 Å². The zero-order valence-electron chi connectivity index (χ0n) is 13.7. The second kappa shape index (κ2) is 14.8. The highest BCUT2D eigenvalue weighted by Gasteiger charge is 2.08. The molecule has 0 spiro atoms. The van der Waals surface area contributed by atoms with Crippen LogP contribution in [0.4, 0.5) is 0 Å². The molecule has 5 nitrogen and oxygen atoms in total. The Kier molecular flexibility index (Phi) is 14.8. The highest BCUT2D eigenvalue weighted by atomic mass is 127. The smallest absolute Gasteiger partial charge is 0.191 e. The molecule has 0 aromatic rings. The van der Waals surface area contributed by atoms with Crippen LogP contribution in [-0.2, 0) is 4.74 Å². The molecule has 1 aliphatic heterocycles. The van der Waals surface area contributed by atoms with Crippen LogP contribution in [0.1, 0.15) is 39.0 Å². The Labute approximate surface area is 147 Å². The molecule has 0 amide bonds. The van der Waals surface area contributed by atoms with Gasteiger partial charge in [0, 0.05) is 39.9 Å². The van der Waals surface area contributed by atoms with Crippen molar-refractivity contribution in [3.63, 3.8) is 0 Å². The Balaban J connectivity index is 0.00000400. The quantitative estimate of drug-likeness (QED) is 0.277. The van der Waals surface area contributed by atoms with Gasteiger partial charge in [0.2, 0.25) is 0 Å². The molecule has 2 N–H and O–H groups in total. The predicted molar refractivity (Wildman–Crippen MR) is 101 cm³/mol. The van der Waals surface area contributed by atoms with E-state index >= 15 is 0 Å². The van der Waals surface area contributed by atoms with E-state index in [9.17, 15) is 0 Å². The van der Waals surface area contributed by atoms with Gasteiger partial charge in [-0.2, -0.15) is 0 Å². The molecular formula is C15H33IN4O. The van der Waals surface area contributed by atoms with E-state index < -0.39 is 0 Å². The van der Waals surface area contributed by atoms with Crippen LogP contribution in [-0.4, -0.2) is 63.8 Å². The van der Waals surface area contributed by atoms with E-state index in [2.05, 4.69) is 20.5 Å². The number of likely N-dealkylation sites (tertiary alicyclic amines) is 1. The molecule has 0 atom stereocenters. The van der Waals surface area contributed by atoms with Gasteiger partial charge in [-0.25, -0.2) is 0 Å². The van der Waals surface area contributed by atoms with Gasteiger partial charge in [-0.05, 0) is 39.3 Å². The third-order valence-corrected chi connectivity index (χ3v) is 3.60. The Bertz CT molecular complexity index is 256. The molecule has 0 aliphatic carbocycles. The van der Waals surface area contributed by atoms with Crippen LogP contribution in [0.25, 0.3) is 0 Å². The summed E-state index contributed by atoms with van der Waals surface area (Å²) in [4.78, 5) is 6.80. The molecule has 1 aliphatic rings. The van der Waals surface area contributed by atoms with Crippen LogP contribution in [0.15, 0.2) is 4.99 Å². The van der Waals surface area contributed by atoms with Crippen molar-refractivity contribution in [1.29, 1.82) is 0 Å². The van der Waals surface area contributed by atoms with Gasteiger partial charge in [0.25, 0.3) is 0 Å². The minimum absolute atomic E-state index is 0. The van der Waals surface area contributed by atoms with E-state index in [4.69, 9.17) is 4.74 Å². The summed E-state index contributed by atoms with van der Waals surface area (Å²) in [6.07, 6.45) is 6.51. The molecule has 1 heterocycles. The fourth-order valence-electron chi connectivity index (χ4n) is 2.44. The first-order chi connectivity index (χ1) is 9.86. The Morgan fingerprint density at radius 2 is 1.76 bits per heavy atom.